The Labute approximate surface area is 165 Å². The number of allylic oxidation sites excluding steroid dienone is 4. The van der Waals surface area contributed by atoms with Gasteiger partial charge in [-0.05, 0) is 47.6 Å². The van der Waals surface area contributed by atoms with Crippen LogP contribution in [0.25, 0.3) is 6.08 Å². The molecule has 1 aliphatic heterocycles. The van der Waals surface area contributed by atoms with Crippen LogP contribution in [0.4, 0.5) is 0 Å². The van der Waals surface area contributed by atoms with Gasteiger partial charge in [-0.3, -0.25) is 0 Å². The molecule has 1 saturated heterocycles. The Kier molecular flexibility index (Phi) is 5.37. The van der Waals surface area contributed by atoms with Gasteiger partial charge in [0.05, 0.1) is 36.9 Å². The van der Waals surface area contributed by atoms with Crippen LogP contribution in [0.1, 0.15) is 24.8 Å². The summed E-state index contributed by atoms with van der Waals surface area (Å²) in [5.41, 5.74) is 5.40. The molecule has 3 aliphatic rings. The van der Waals surface area contributed by atoms with E-state index in [0.29, 0.717) is 24.5 Å². The Hall–Kier alpha value is -3.15. The van der Waals surface area contributed by atoms with Crippen LogP contribution in [0.15, 0.2) is 63.3 Å². The molecule has 2 aliphatic carbocycles. The Morgan fingerprint density at radius 1 is 1.11 bits per heavy atom. The number of hydrogen-bond donors (Lipinski definition) is 0. The second-order valence-electron chi connectivity index (χ2n) is 7.15. The second-order valence-corrected chi connectivity index (χ2v) is 7.15. The number of benzene rings is 1. The summed E-state index contributed by atoms with van der Waals surface area (Å²) < 4.78 is 5.38. The number of aliphatic imine (C=N–C) groups is 1. The molecule has 0 saturated carbocycles. The van der Waals surface area contributed by atoms with Crippen molar-refractivity contribution in [3.63, 3.8) is 0 Å². The van der Waals surface area contributed by atoms with Crippen molar-refractivity contribution >= 4 is 12.4 Å². The standard InChI is InChI=1S/C23H22N4O/c24-14-21-19-8-4-7-18(19)20(13-17-5-2-1-3-6-17)22(15-25)23(21)26-16-27-9-11-28-12-10-27/h1-3,5-6,13,16,21H,4,7-12H2/b20-13-,26-16?. The predicted molar refractivity (Wildman–Crippen MR) is 108 cm³/mol. The summed E-state index contributed by atoms with van der Waals surface area (Å²) in [4.78, 5) is 6.75. The minimum atomic E-state index is -0.433. The largest absolute Gasteiger partial charge is 0.378 e. The first-order valence-electron chi connectivity index (χ1n) is 9.71. The molecule has 0 N–H and O–H groups in total. The van der Waals surface area contributed by atoms with Gasteiger partial charge in [0.25, 0.3) is 0 Å². The maximum Gasteiger partial charge on any atom is 0.111 e. The normalized spacial score (nSPS) is 23.9. The first-order chi connectivity index (χ1) is 13.8. The molecule has 28 heavy (non-hydrogen) atoms. The molecule has 1 unspecified atom stereocenters. The van der Waals surface area contributed by atoms with Gasteiger partial charge in [-0.2, -0.15) is 10.5 Å². The zero-order valence-electron chi connectivity index (χ0n) is 15.8. The van der Waals surface area contributed by atoms with Crippen LogP contribution >= 0.6 is 0 Å². The van der Waals surface area contributed by atoms with Gasteiger partial charge < -0.3 is 9.64 Å². The monoisotopic (exact) mass is 370 g/mol. The highest BCUT2D eigenvalue weighted by atomic mass is 16.5. The number of rotatable bonds is 3. The van der Waals surface area contributed by atoms with Crippen molar-refractivity contribution in [3.8, 4) is 12.1 Å². The lowest BCUT2D eigenvalue weighted by atomic mass is 9.80. The highest BCUT2D eigenvalue weighted by Gasteiger charge is 2.35. The molecule has 1 aromatic rings. The molecule has 4 rings (SSSR count). The molecule has 0 aromatic heterocycles. The summed E-state index contributed by atoms with van der Waals surface area (Å²) in [5, 5.41) is 19.9. The fraction of sp³-hybridized carbons (Fsp3) is 0.348. The van der Waals surface area contributed by atoms with Crippen molar-refractivity contribution in [3.05, 3.63) is 63.9 Å². The maximum absolute atomic E-state index is 9.99. The van der Waals surface area contributed by atoms with Crippen LogP contribution in [0.2, 0.25) is 0 Å². The topological polar surface area (TPSA) is 72.4 Å². The average Bonchev–Trinajstić information content (AvgIpc) is 3.23. The van der Waals surface area contributed by atoms with Crippen molar-refractivity contribution in [1.82, 2.24) is 4.90 Å². The lowest BCUT2D eigenvalue weighted by Crippen LogP contribution is -2.35. The van der Waals surface area contributed by atoms with Gasteiger partial charge in [0.1, 0.15) is 12.0 Å². The molecule has 1 fully saturated rings. The lowest BCUT2D eigenvalue weighted by Gasteiger charge is -2.26. The highest BCUT2D eigenvalue weighted by molar-refractivity contribution is 5.74. The van der Waals surface area contributed by atoms with E-state index >= 15 is 0 Å². The summed E-state index contributed by atoms with van der Waals surface area (Å²) in [7, 11) is 0. The number of hydrogen-bond acceptors (Lipinski definition) is 4. The van der Waals surface area contributed by atoms with E-state index in [1.807, 2.05) is 30.3 Å². The van der Waals surface area contributed by atoms with Crippen molar-refractivity contribution in [2.45, 2.75) is 19.3 Å². The number of nitrogens with zero attached hydrogens (tertiary/aromatic N) is 4. The van der Waals surface area contributed by atoms with Gasteiger partial charge in [-0.15, -0.1) is 0 Å². The molecular formula is C23H22N4O. The molecular weight excluding hydrogens is 348 g/mol. The van der Waals surface area contributed by atoms with Gasteiger partial charge in [0.2, 0.25) is 0 Å². The average molecular weight is 370 g/mol. The third-order valence-corrected chi connectivity index (χ3v) is 5.49. The zero-order valence-corrected chi connectivity index (χ0v) is 15.8. The van der Waals surface area contributed by atoms with Crippen molar-refractivity contribution < 1.29 is 4.74 Å². The lowest BCUT2D eigenvalue weighted by molar-refractivity contribution is 0.0700. The molecule has 0 radical (unpaired) electrons. The Morgan fingerprint density at radius 3 is 2.61 bits per heavy atom. The number of nitriles is 2. The molecule has 1 aromatic carbocycles. The molecule has 140 valence electrons. The van der Waals surface area contributed by atoms with Gasteiger partial charge in [-0.1, -0.05) is 30.3 Å². The SMILES string of the molecule is N#CC1=C(N=CN2CCOCC2)C(C#N)C2=C(CCC2)/C1=C/c1ccccc1. The van der Waals surface area contributed by atoms with Crippen LogP contribution in [0.3, 0.4) is 0 Å². The van der Waals surface area contributed by atoms with Gasteiger partial charge in [0.15, 0.2) is 0 Å². The molecule has 5 nitrogen and oxygen atoms in total. The van der Waals surface area contributed by atoms with E-state index in [9.17, 15) is 10.5 Å². The Bertz CT molecular complexity index is 951. The maximum atomic E-state index is 9.99. The number of morpholine rings is 1. The van der Waals surface area contributed by atoms with Crippen molar-refractivity contribution in [2.75, 3.05) is 26.3 Å². The van der Waals surface area contributed by atoms with E-state index in [-0.39, 0.29) is 0 Å². The first-order valence-corrected chi connectivity index (χ1v) is 9.71. The van der Waals surface area contributed by atoms with Gasteiger partial charge in [-0.25, -0.2) is 4.99 Å². The van der Waals surface area contributed by atoms with E-state index < -0.39 is 5.92 Å². The zero-order chi connectivity index (χ0) is 19.3. The van der Waals surface area contributed by atoms with Crippen LogP contribution in [0, 0.1) is 28.6 Å². The fourth-order valence-corrected chi connectivity index (χ4v) is 4.10. The Morgan fingerprint density at radius 2 is 1.89 bits per heavy atom. The van der Waals surface area contributed by atoms with Crippen molar-refractivity contribution in [1.29, 1.82) is 10.5 Å². The summed E-state index contributed by atoms with van der Waals surface area (Å²) in [6, 6.07) is 14.8. The van der Waals surface area contributed by atoms with Gasteiger partial charge in [0, 0.05) is 13.1 Å². The van der Waals surface area contributed by atoms with E-state index in [2.05, 4.69) is 28.1 Å². The molecule has 5 heteroatoms. The summed E-state index contributed by atoms with van der Waals surface area (Å²) in [6.45, 7) is 2.89. The van der Waals surface area contributed by atoms with Crippen LogP contribution < -0.4 is 0 Å². The molecule has 0 bridgehead atoms. The molecule has 0 spiro atoms. The van der Waals surface area contributed by atoms with Crippen LogP contribution in [-0.2, 0) is 4.74 Å². The second kappa shape index (κ2) is 8.25. The third-order valence-electron chi connectivity index (χ3n) is 5.49. The van der Waals surface area contributed by atoms with E-state index in [4.69, 9.17) is 4.74 Å². The summed E-state index contributed by atoms with van der Waals surface area (Å²) in [6.07, 6.45) is 6.68. The van der Waals surface area contributed by atoms with Gasteiger partial charge >= 0.3 is 0 Å². The number of ether oxygens (including phenoxy) is 1. The van der Waals surface area contributed by atoms with Crippen molar-refractivity contribution in [2.24, 2.45) is 10.9 Å². The molecule has 1 atom stereocenters. The summed E-state index contributed by atoms with van der Waals surface area (Å²) in [5.74, 6) is -0.433. The minimum Gasteiger partial charge on any atom is -0.378 e. The fourth-order valence-electron chi connectivity index (χ4n) is 4.10. The van der Waals surface area contributed by atoms with Crippen LogP contribution in [0.5, 0.6) is 0 Å². The third kappa shape index (κ3) is 3.50. The predicted octanol–water partition coefficient (Wildman–Crippen LogP) is 3.84. The quantitative estimate of drug-likeness (QED) is 0.598. The smallest absolute Gasteiger partial charge is 0.111 e. The highest BCUT2D eigenvalue weighted by Crippen LogP contribution is 2.46. The van der Waals surface area contributed by atoms with E-state index in [1.54, 1.807) is 6.34 Å². The molecule has 0 amide bonds. The first kappa shape index (κ1) is 18.2. The summed E-state index contributed by atoms with van der Waals surface area (Å²) >= 11 is 0. The van der Waals surface area contributed by atoms with E-state index in [0.717, 1.165) is 54.6 Å². The van der Waals surface area contributed by atoms with E-state index in [1.165, 1.54) is 0 Å². The molecule has 1 heterocycles. The minimum absolute atomic E-state index is 0.433. The van der Waals surface area contributed by atoms with Crippen LogP contribution in [-0.4, -0.2) is 37.5 Å². The Balaban J connectivity index is 1.79.